The van der Waals surface area contributed by atoms with E-state index in [-0.39, 0.29) is 6.79 Å². The van der Waals surface area contributed by atoms with Crippen LogP contribution in [0.5, 0.6) is 5.75 Å². The lowest BCUT2D eigenvalue weighted by atomic mass is 9.98. The van der Waals surface area contributed by atoms with Crippen LogP contribution in [0.3, 0.4) is 0 Å². The van der Waals surface area contributed by atoms with Crippen LogP contribution in [0.4, 0.5) is 4.79 Å². The molecule has 2 aromatic rings. The topological polar surface area (TPSA) is 61.8 Å². The van der Waals surface area contributed by atoms with Gasteiger partial charge in [0.1, 0.15) is 5.75 Å². The Hall–Kier alpha value is -2.21. The minimum atomic E-state index is -0.481. The molecule has 0 radical (unpaired) electrons. The van der Waals surface area contributed by atoms with Crippen LogP contribution in [0.2, 0.25) is 0 Å². The van der Waals surface area contributed by atoms with Crippen molar-refractivity contribution in [3.05, 3.63) is 42.0 Å². The van der Waals surface area contributed by atoms with Gasteiger partial charge in [0.05, 0.1) is 13.0 Å². The van der Waals surface area contributed by atoms with Gasteiger partial charge in [-0.2, -0.15) is 0 Å². The van der Waals surface area contributed by atoms with Crippen LogP contribution in [-0.2, 0) is 14.3 Å². The van der Waals surface area contributed by atoms with Gasteiger partial charge in [-0.25, -0.2) is 4.79 Å². The van der Waals surface area contributed by atoms with E-state index < -0.39 is 17.2 Å². The van der Waals surface area contributed by atoms with Crippen LogP contribution in [0, 0.1) is 0 Å². The van der Waals surface area contributed by atoms with Crippen LogP contribution in [0.15, 0.2) is 36.4 Å². The van der Waals surface area contributed by atoms with Gasteiger partial charge in [-0.15, -0.1) is 0 Å². The summed E-state index contributed by atoms with van der Waals surface area (Å²) in [5.41, 5.74) is 0.837. The molecule has 0 aliphatic carbocycles. The van der Waals surface area contributed by atoms with E-state index in [1.807, 2.05) is 36.4 Å². The Kier molecular flexibility index (Phi) is 5.87. The Morgan fingerprint density at radius 3 is 2.48 bits per heavy atom. The van der Waals surface area contributed by atoms with Crippen molar-refractivity contribution in [1.82, 2.24) is 0 Å². The number of fused-ring (bicyclic) bond motifs is 1. The molecule has 0 N–H and O–H groups in total. The SMILES string of the molecule is COc1ccc2cc([C@H](C)C(=O)OCOC(=O)SC)ccc2c1. The number of benzene rings is 2. The molecule has 1 atom stereocenters. The average molecular weight is 334 g/mol. The molecule has 0 aromatic heterocycles. The molecule has 23 heavy (non-hydrogen) atoms. The van der Waals surface area contributed by atoms with Crippen molar-refractivity contribution in [2.45, 2.75) is 12.8 Å². The number of ether oxygens (including phenoxy) is 3. The van der Waals surface area contributed by atoms with E-state index in [4.69, 9.17) is 14.2 Å². The van der Waals surface area contributed by atoms with Crippen molar-refractivity contribution < 1.29 is 23.8 Å². The van der Waals surface area contributed by atoms with Gasteiger partial charge in [0, 0.05) is 0 Å². The van der Waals surface area contributed by atoms with Crippen LogP contribution in [-0.4, -0.2) is 31.4 Å². The number of hydrogen-bond donors (Lipinski definition) is 0. The Morgan fingerprint density at radius 2 is 1.78 bits per heavy atom. The molecule has 122 valence electrons. The van der Waals surface area contributed by atoms with Gasteiger partial charge < -0.3 is 14.2 Å². The average Bonchev–Trinajstić information content (AvgIpc) is 2.59. The summed E-state index contributed by atoms with van der Waals surface area (Å²) in [6.07, 6.45) is 1.59. The van der Waals surface area contributed by atoms with Gasteiger partial charge in [0.2, 0.25) is 6.79 Å². The summed E-state index contributed by atoms with van der Waals surface area (Å²) in [6.45, 7) is 1.39. The highest BCUT2D eigenvalue weighted by molar-refractivity contribution is 8.12. The highest BCUT2D eigenvalue weighted by Gasteiger charge is 2.17. The van der Waals surface area contributed by atoms with Crippen molar-refractivity contribution in [3.8, 4) is 5.75 Å². The molecule has 0 heterocycles. The zero-order valence-corrected chi connectivity index (χ0v) is 14.0. The maximum Gasteiger partial charge on any atom is 0.369 e. The molecule has 0 amide bonds. The van der Waals surface area contributed by atoms with Gasteiger partial charge >= 0.3 is 11.3 Å². The van der Waals surface area contributed by atoms with Crippen molar-refractivity contribution >= 4 is 33.8 Å². The second kappa shape index (κ2) is 7.87. The zero-order valence-electron chi connectivity index (χ0n) is 13.2. The lowest BCUT2D eigenvalue weighted by Gasteiger charge is -2.13. The molecule has 2 rings (SSSR count). The largest absolute Gasteiger partial charge is 0.497 e. The zero-order chi connectivity index (χ0) is 16.8. The summed E-state index contributed by atoms with van der Waals surface area (Å²) >= 11 is 0.923. The monoisotopic (exact) mass is 334 g/mol. The minimum Gasteiger partial charge on any atom is -0.497 e. The van der Waals surface area contributed by atoms with E-state index in [1.54, 1.807) is 20.3 Å². The Bertz CT molecular complexity index is 713. The molecular formula is C17H18O5S. The summed E-state index contributed by atoms with van der Waals surface area (Å²) in [7, 11) is 1.62. The van der Waals surface area contributed by atoms with Crippen LogP contribution < -0.4 is 4.74 Å². The summed E-state index contributed by atoms with van der Waals surface area (Å²) in [6, 6.07) is 11.5. The lowest BCUT2D eigenvalue weighted by molar-refractivity contribution is -0.152. The molecule has 5 nitrogen and oxygen atoms in total. The smallest absolute Gasteiger partial charge is 0.369 e. The minimum absolute atomic E-state index is 0.367. The standard InChI is InChI=1S/C17H18O5S/c1-11(16(18)21-10-22-17(19)23-3)12-4-5-14-9-15(20-2)7-6-13(14)8-12/h4-9,11H,10H2,1-3H3/t11-/m0/s1. The molecule has 0 saturated carbocycles. The number of carbonyl (C=O) groups is 2. The number of thioether (sulfide) groups is 1. The van der Waals surface area contributed by atoms with E-state index in [2.05, 4.69) is 0 Å². The normalized spacial score (nSPS) is 11.8. The van der Waals surface area contributed by atoms with E-state index in [9.17, 15) is 9.59 Å². The fourth-order valence-electron chi connectivity index (χ4n) is 2.09. The molecule has 0 bridgehead atoms. The van der Waals surface area contributed by atoms with Gasteiger partial charge in [-0.1, -0.05) is 24.3 Å². The quantitative estimate of drug-likeness (QED) is 0.609. The van der Waals surface area contributed by atoms with E-state index in [0.29, 0.717) is 0 Å². The number of methoxy groups -OCH3 is 1. The third kappa shape index (κ3) is 4.39. The second-order valence-corrected chi connectivity index (χ2v) is 5.62. The van der Waals surface area contributed by atoms with Crippen LogP contribution in [0.25, 0.3) is 10.8 Å². The maximum atomic E-state index is 12.0. The number of hydrogen-bond acceptors (Lipinski definition) is 6. The Morgan fingerprint density at radius 1 is 1.09 bits per heavy atom. The van der Waals surface area contributed by atoms with Crippen molar-refractivity contribution in [3.63, 3.8) is 0 Å². The number of esters is 1. The van der Waals surface area contributed by atoms with Gasteiger partial charge in [-0.3, -0.25) is 4.79 Å². The van der Waals surface area contributed by atoms with Gasteiger partial charge in [-0.05, 0) is 53.4 Å². The van der Waals surface area contributed by atoms with Crippen molar-refractivity contribution in [2.75, 3.05) is 20.2 Å². The predicted octanol–water partition coefficient (Wildman–Crippen LogP) is 3.95. The summed E-state index contributed by atoms with van der Waals surface area (Å²) in [4.78, 5) is 23.0. The first-order valence-electron chi connectivity index (χ1n) is 7.00. The Labute approximate surface area is 138 Å². The van der Waals surface area contributed by atoms with E-state index in [0.717, 1.165) is 33.8 Å². The van der Waals surface area contributed by atoms with Crippen LogP contribution in [0.1, 0.15) is 18.4 Å². The third-order valence-corrected chi connectivity index (χ3v) is 3.92. The third-order valence-electron chi connectivity index (χ3n) is 3.47. The van der Waals surface area contributed by atoms with Crippen molar-refractivity contribution in [1.29, 1.82) is 0 Å². The maximum absolute atomic E-state index is 12.0. The van der Waals surface area contributed by atoms with E-state index >= 15 is 0 Å². The summed E-state index contributed by atoms with van der Waals surface area (Å²) < 4.78 is 14.9. The van der Waals surface area contributed by atoms with E-state index in [1.165, 1.54) is 0 Å². The van der Waals surface area contributed by atoms with Gasteiger partial charge in [0.15, 0.2) is 0 Å². The molecule has 0 aliphatic rings. The van der Waals surface area contributed by atoms with Crippen molar-refractivity contribution in [2.24, 2.45) is 0 Å². The molecule has 0 saturated heterocycles. The van der Waals surface area contributed by atoms with Crippen LogP contribution >= 0.6 is 11.8 Å². The molecule has 2 aromatic carbocycles. The first kappa shape index (κ1) is 17.1. The number of carbonyl (C=O) groups excluding carboxylic acids is 2. The second-order valence-electron chi connectivity index (χ2n) is 4.87. The lowest BCUT2D eigenvalue weighted by Crippen LogP contribution is -2.16. The summed E-state index contributed by atoms with van der Waals surface area (Å²) in [5.74, 6) is -0.102. The predicted molar refractivity (Wildman–Crippen MR) is 89.9 cm³/mol. The fourth-order valence-corrected chi connectivity index (χ4v) is 2.26. The molecule has 0 spiro atoms. The fraction of sp³-hybridized carbons (Fsp3) is 0.294. The number of rotatable bonds is 5. The molecule has 0 fully saturated rings. The first-order valence-corrected chi connectivity index (χ1v) is 8.22. The molecule has 0 aliphatic heterocycles. The highest BCUT2D eigenvalue weighted by atomic mass is 32.2. The molecular weight excluding hydrogens is 316 g/mol. The summed E-state index contributed by atoms with van der Waals surface area (Å²) in [5, 5.41) is 1.56. The Balaban J connectivity index is 2.06. The molecule has 0 unspecified atom stereocenters. The van der Waals surface area contributed by atoms with Gasteiger partial charge in [0.25, 0.3) is 0 Å². The molecule has 6 heteroatoms. The first-order chi connectivity index (χ1) is 11.0. The highest BCUT2D eigenvalue weighted by Crippen LogP contribution is 2.25.